The van der Waals surface area contributed by atoms with Crippen LogP contribution in [0.1, 0.15) is 97.3 Å². The fraction of sp³-hybridized carbons (Fsp3) is 0.513. The van der Waals surface area contributed by atoms with E-state index in [1.54, 1.807) is 0 Å². The minimum absolute atomic E-state index is 0.0533. The molecule has 0 rings (SSSR count). The molecular formula is C39H60NO10P. The van der Waals surface area contributed by atoms with Gasteiger partial charge in [-0.1, -0.05) is 124 Å². The number of rotatable bonds is 31. The molecule has 0 bridgehead atoms. The number of esters is 2. The van der Waals surface area contributed by atoms with E-state index in [1.807, 2.05) is 54.7 Å². The molecule has 0 spiro atoms. The number of hydrogen-bond donors (Lipinski definition) is 3. The smallest absolute Gasteiger partial charge is 0.472 e. The topological polar surface area (TPSA) is 172 Å². The van der Waals surface area contributed by atoms with Gasteiger partial charge in [-0.3, -0.25) is 23.4 Å². The fourth-order valence-corrected chi connectivity index (χ4v) is 4.71. The number of phosphoric ester groups is 1. The second kappa shape index (κ2) is 33.5. The molecule has 51 heavy (non-hydrogen) atoms. The van der Waals surface area contributed by atoms with Crippen molar-refractivity contribution in [1.82, 2.24) is 0 Å². The third-order valence-electron chi connectivity index (χ3n) is 6.71. The Hall–Kier alpha value is -3.60. The van der Waals surface area contributed by atoms with Crippen LogP contribution in [-0.2, 0) is 37.5 Å². The van der Waals surface area contributed by atoms with E-state index < -0.39 is 57.7 Å². The van der Waals surface area contributed by atoms with E-state index in [4.69, 9.17) is 24.8 Å². The third-order valence-corrected chi connectivity index (χ3v) is 7.66. The van der Waals surface area contributed by atoms with Crippen LogP contribution in [-0.4, -0.2) is 59.9 Å². The molecule has 0 aliphatic rings. The van der Waals surface area contributed by atoms with Gasteiger partial charge >= 0.3 is 25.7 Å². The zero-order valence-electron chi connectivity index (χ0n) is 30.4. The quantitative estimate of drug-likeness (QED) is 0.0205. The van der Waals surface area contributed by atoms with Gasteiger partial charge in [-0.2, -0.15) is 0 Å². The summed E-state index contributed by atoms with van der Waals surface area (Å²) in [7, 11) is -4.74. The summed E-state index contributed by atoms with van der Waals surface area (Å²) < 4.78 is 32.4. The first kappa shape index (κ1) is 47.4. The molecule has 0 amide bonds. The molecule has 0 aliphatic heterocycles. The van der Waals surface area contributed by atoms with E-state index in [2.05, 4.69) is 60.9 Å². The van der Waals surface area contributed by atoms with E-state index in [9.17, 15) is 23.8 Å². The van der Waals surface area contributed by atoms with Crippen molar-refractivity contribution in [2.75, 3.05) is 19.8 Å². The normalized spacial score (nSPS) is 15.1. The highest BCUT2D eigenvalue weighted by molar-refractivity contribution is 7.47. The largest absolute Gasteiger partial charge is 0.480 e. The predicted octanol–water partition coefficient (Wildman–Crippen LogP) is 8.55. The first-order chi connectivity index (χ1) is 24.6. The Labute approximate surface area is 305 Å². The van der Waals surface area contributed by atoms with Crippen LogP contribution in [0.4, 0.5) is 0 Å². The van der Waals surface area contributed by atoms with E-state index in [0.29, 0.717) is 19.3 Å². The summed E-state index contributed by atoms with van der Waals surface area (Å²) in [5.74, 6) is -2.53. The van der Waals surface area contributed by atoms with Crippen molar-refractivity contribution in [3.63, 3.8) is 0 Å². The van der Waals surface area contributed by atoms with Crippen molar-refractivity contribution in [3.8, 4) is 0 Å². The Morgan fingerprint density at radius 3 is 1.80 bits per heavy atom. The highest BCUT2D eigenvalue weighted by atomic mass is 31.2. The van der Waals surface area contributed by atoms with Gasteiger partial charge in [0.15, 0.2) is 6.10 Å². The van der Waals surface area contributed by atoms with Gasteiger partial charge in [0.05, 0.1) is 13.2 Å². The van der Waals surface area contributed by atoms with Crippen molar-refractivity contribution in [2.45, 2.75) is 109 Å². The van der Waals surface area contributed by atoms with Crippen molar-refractivity contribution in [2.24, 2.45) is 5.73 Å². The van der Waals surface area contributed by atoms with Crippen molar-refractivity contribution < 1.29 is 47.5 Å². The Morgan fingerprint density at radius 2 is 1.16 bits per heavy atom. The molecule has 0 aliphatic carbocycles. The van der Waals surface area contributed by atoms with Crippen LogP contribution in [0.3, 0.4) is 0 Å². The van der Waals surface area contributed by atoms with Gasteiger partial charge < -0.3 is 25.2 Å². The maximum Gasteiger partial charge on any atom is 0.472 e. The number of ether oxygens (including phenoxy) is 2. The minimum Gasteiger partial charge on any atom is -0.480 e. The van der Waals surface area contributed by atoms with Gasteiger partial charge in [-0.25, -0.2) is 4.57 Å². The molecule has 0 radical (unpaired) electrons. The molecular weight excluding hydrogens is 673 g/mol. The standard InChI is InChI=1S/C39H60NO10P/c1-3-5-7-9-11-13-15-17-19-20-22-24-26-28-30-37(41)47-32-35(33-48-51(45,46)49-34-36(40)39(43)44)50-38(42)31-29-27-25-23-21-18-16-14-12-10-8-6-4-2/h5-8,10-14,16-19,21,23,25,35-36H,3-4,9,15,20,22,24,26-34,40H2,1-2H3,(H,43,44)(H,45,46)/b7-5+,8-6+,12-10+,13-11+,16-14+,19-17+,21-18+,25-23+/t35?,36-/m0/s1. The summed E-state index contributed by atoms with van der Waals surface area (Å²) in [5, 5.41) is 8.85. The number of carboxylic acids is 1. The molecule has 0 aromatic heterocycles. The molecule has 3 atom stereocenters. The SMILES string of the molecule is CC/C=C/C=C/C=C/C=C/C=C/CCCC(=O)OC(COC(=O)CCCCCC/C=C/C/C=C/C/C=C/CC)COP(=O)(O)OC[C@H](N)C(=O)O. The highest BCUT2D eigenvalue weighted by Gasteiger charge is 2.28. The van der Waals surface area contributed by atoms with E-state index in [0.717, 1.165) is 51.4 Å². The lowest BCUT2D eigenvalue weighted by Gasteiger charge is -2.20. The number of aliphatic carboxylic acids is 1. The number of unbranched alkanes of at least 4 members (excludes halogenated alkanes) is 5. The first-order valence-corrected chi connectivity index (χ1v) is 19.3. The van der Waals surface area contributed by atoms with Crippen molar-refractivity contribution >= 4 is 25.7 Å². The zero-order chi connectivity index (χ0) is 37.8. The van der Waals surface area contributed by atoms with Crippen LogP contribution in [0.5, 0.6) is 0 Å². The Kier molecular flexibility index (Phi) is 31.2. The fourth-order valence-electron chi connectivity index (χ4n) is 3.93. The maximum atomic E-state index is 12.5. The van der Waals surface area contributed by atoms with E-state index in [-0.39, 0.29) is 12.8 Å². The van der Waals surface area contributed by atoms with Gasteiger partial charge in [0.1, 0.15) is 12.6 Å². The first-order valence-electron chi connectivity index (χ1n) is 17.8. The third kappa shape index (κ3) is 33.3. The Bertz CT molecular complexity index is 1230. The van der Waals surface area contributed by atoms with Gasteiger partial charge in [-0.15, -0.1) is 0 Å². The van der Waals surface area contributed by atoms with Crippen LogP contribution in [0, 0.1) is 0 Å². The van der Waals surface area contributed by atoms with Gasteiger partial charge in [0, 0.05) is 12.8 Å². The molecule has 286 valence electrons. The second-order valence-electron chi connectivity index (χ2n) is 11.4. The van der Waals surface area contributed by atoms with Gasteiger partial charge in [0.2, 0.25) is 0 Å². The summed E-state index contributed by atoms with van der Waals surface area (Å²) in [6.07, 6.45) is 40.7. The number of carbonyl (C=O) groups is 3. The van der Waals surface area contributed by atoms with Crippen LogP contribution < -0.4 is 5.73 Å². The lowest BCUT2D eigenvalue weighted by molar-refractivity contribution is -0.161. The lowest BCUT2D eigenvalue weighted by Crippen LogP contribution is -2.34. The summed E-state index contributed by atoms with van der Waals surface area (Å²) in [4.78, 5) is 45.6. The Morgan fingerprint density at radius 1 is 0.627 bits per heavy atom. The average Bonchev–Trinajstić information content (AvgIpc) is 3.10. The second-order valence-corrected chi connectivity index (χ2v) is 12.8. The van der Waals surface area contributed by atoms with Crippen molar-refractivity contribution in [1.29, 1.82) is 0 Å². The number of phosphoric acid groups is 1. The lowest BCUT2D eigenvalue weighted by atomic mass is 10.1. The molecule has 4 N–H and O–H groups in total. The molecule has 0 heterocycles. The molecule has 2 unspecified atom stereocenters. The van der Waals surface area contributed by atoms with E-state index in [1.165, 1.54) is 0 Å². The van der Waals surface area contributed by atoms with E-state index >= 15 is 0 Å². The summed E-state index contributed by atoms with van der Waals surface area (Å²) in [6, 6.07) is -1.54. The molecule has 12 heteroatoms. The van der Waals surface area contributed by atoms with Crippen LogP contribution in [0.15, 0.2) is 97.2 Å². The maximum absolute atomic E-state index is 12.5. The van der Waals surface area contributed by atoms with Crippen LogP contribution >= 0.6 is 7.82 Å². The predicted molar refractivity (Wildman–Crippen MR) is 203 cm³/mol. The van der Waals surface area contributed by atoms with Crippen molar-refractivity contribution in [3.05, 3.63) is 97.2 Å². The summed E-state index contributed by atoms with van der Waals surface area (Å²) >= 11 is 0. The molecule has 0 saturated carbocycles. The average molecular weight is 734 g/mol. The molecule has 0 aromatic carbocycles. The number of carboxylic acid groups (broad SMARTS) is 1. The minimum atomic E-state index is -4.74. The van der Waals surface area contributed by atoms with Gasteiger partial charge in [0.25, 0.3) is 0 Å². The molecule has 0 fully saturated rings. The Balaban J connectivity index is 4.66. The molecule has 0 saturated heterocycles. The number of carbonyl (C=O) groups excluding carboxylic acids is 2. The number of hydrogen-bond acceptors (Lipinski definition) is 9. The summed E-state index contributed by atoms with van der Waals surface area (Å²) in [6.45, 7) is 2.39. The highest BCUT2D eigenvalue weighted by Crippen LogP contribution is 2.43. The molecule has 0 aromatic rings. The van der Waals surface area contributed by atoms with Crippen LogP contribution in [0.25, 0.3) is 0 Å². The zero-order valence-corrected chi connectivity index (χ0v) is 31.3. The monoisotopic (exact) mass is 733 g/mol. The summed E-state index contributed by atoms with van der Waals surface area (Å²) in [5.41, 5.74) is 5.30. The van der Waals surface area contributed by atoms with Crippen LogP contribution in [0.2, 0.25) is 0 Å². The number of nitrogens with two attached hydrogens (primary N) is 1. The van der Waals surface area contributed by atoms with Gasteiger partial charge in [-0.05, 0) is 57.8 Å². The number of allylic oxidation sites excluding steroid dienone is 16. The molecule has 11 nitrogen and oxygen atoms in total.